The molecule has 0 unspecified atom stereocenters. The van der Waals surface area contributed by atoms with Crippen LogP contribution in [0.15, 0.2) is 51.8 Å². The van der Waals surface area contributed by atoms with E-state index in [-0.39, 0.29) is 24.1 Å². The summed E-state index contributed by atoms with van der Waals surface area (Å²) < 4.78 is 5.52. The number of hydrogen-bond acceptors (Lipinski definition) is 4. The Hall–Kier alpha value is -2.21. The van der Waals surface area contributed by atoms with E-state index in [4.69, 9.17) is 4.42 Å². The fourth-order valence-electron chi connectivity index (χ4n) is 1.82. The lowest BCUT2D eigenvalue weighted by molar-refractivity contribution is -0.120. The van der Waals surface area contributed by atoms with Gasteiger partial charge in [0, 0.05) is 11.4 Å². The predicted molar refractivity (Wildman–Crippen MR) is 90.3 cm³/mol. The van der Waals surface area contributed by atoms with Crippen LogP contribution in [0.2, 0.25) is 0 Å². The second-order valence-corrected chi connectivity index (χ2v) is 5.95. The molecule has 1 aromatic heterocycles. The summed E-state index contributed by atoms with van der Waals surface area (Å²) >= 11 is 1.64. The van der Waals surface area contributed by atoms with Crippen LogP contribution >= 0.6 is 11.8 Å². The third kappa shape index (κ3) is 5.83. The molecule has 0 spiro atoms. The second-order valence-electron chi connectivity index (χ2n) is 4.90. The molecule has 0 fully saturated rings. The maximum Gasteiger partial charge on any atom is 0.287 e. The molecule has 0 atom stereocenters. The number of rotatable bonds is 8. The molecule has 122 valence electrons. The SMILES string of the molecule is CCCNC(=O)CNC(=O)c1ccc(CSc2ccccc2)o1. The van der Waals surface area contributed by atoms with Gasteiger partial charge >= 0.3 is 0 Å². The van der Waals surface area contributed by atoms with Crippen LogP contribution in [0.25, 0.3) is 0 Å². The molecule has 6 heteroatoms. The van der Waals surface area contributed by atoms with E-state index in [0.717, 1.165) is 17.1 Å². The van der Waals surface area contributed by atoms with Crippen molar-refractivity contribution in [1.29, 1.82) is 0 Å². The van der Waals surface area contributed by atoms with E-state index in [9.17, 15) is 9.59 Å². The molecule has 2 rings (SSSR count). The molecule has 23 heavy (non-hydrogen) atoms. The van der Waals surface area contributed by atoms with Crippen LogP contribution in [0.5, 0.6) is 0 Å². The van der Waals surface area contributed by atoms with Crippen molar-refractivity contribution in [2.45, 2.75) is 24.0 Å². The fraction of sp³-hybridized carbons (Fsp3) is 0.294. The number of amides is 2. The molecule has 0 bridgehead atoms. The molecule has 5 nitrogen and oxygen atoms in total. The van der Waals surface area contributed by atoms with Crippen molar-refractivity contribution in [3.63, 3.8) is 0 Å². The summed E-state index contributed by atoms with van der Waals surface area (Å²) in [7, 11) is 0. The molecule has 0 saturated heterocycles. The minimum Gasteiger partial charge on any atom is -0.455 e. The summed E-state index contributed by atoms with van der Waals surface area (Å²) in [5.41, 5.74) is 0. The Morgan fingerprint density at radius 1 is 1.09 bits per heavy atom. The summed E-state index contributed by atoms with van der Waals surface area (Å²) in [5.74, 6) is 1.00. The number of furan rings is 1. The highest BCUT2D eigenvalue weighted by molar-refractivity contribution is 7.98. The molecular weight excluding hydrogens is 312 g/mol. The van der Waals surface area contributed by atoms with Gasteiger partial charge in [0.05, 0.1) is 12.3 Å². The van der Waals surface area contributed by atoms with Gasteiger partial charge in [-0.1, -0.05) is 25.1 Å². The third-order valence-corrected chi connectivity index (χ3v) is 4.03. The van der Waals surface area contributed by atoms with Gasteiger partial charge in [0.25, 0.3) is 5.91 Å². The van der Waals surface area contributed by atoms with Gasteiger partial charge < -0.3 is 15.1 Å². The van der Waals surface area contributed by atoms with Gasteiger partial charge in [-0.25, -0.2) is 0 Å². The molecule has 0 saturated carbocycles. The zero-order valence-corrected chi connectivity index (χ0v) is 13.8. The lowest BCUT2D eigenvalue weighted by Gasteiger charge is -2.04. The van der Waals surface area contributed by atoms with E-state index in [1.807, 2.05) is 37.3 Å². The Morgan fingerprint density at radius 2 is 1.87 bits per heavy atom. The number of benzene rings is 1. The molecular formula is C17H20N2O3S. The Balaban J connectivity index is 1.79. The Bertz CT molecular complexity index is 640. The molecule has 0 aliphatic rings. The standard InChI is InChI=1S/C17H20N2O3S/c1-2-10-18-16(20)11-19-17(21)15-9-8-13(22-15)12-23-14-6-4-3-5-7-14/h3-9H,2,10-12H2,1H3,(H,18,20)(H,19,21). The maximum absolute atomic E-state index is 11.9. The zero-order valence-electron chi connectivity index (χ0n) is 13.0. The Morgan fingerprint density at radius 3 is 2.61 bits per heavy atom. The normalized spacial score (nSPS) is 10.3. The summed E-state index contributed by atoms with van der Waals surface area (Å²) in [6, 6.07) is 13.4. The lowest BCUT2D eigenvalue weighted by atomic mass is 10.4. The highest BCUT2D eigenvalue weighted by atomic mass is 32.2. The topological polar surface area (TPSA) is 71.3 Å². The highest BCUT2D eigenvalue weighted by Gasteiger charge is 2.12. The van der Waals surface area contributed by atoms with Crippen molar-refractivity contribution in [2.24, 2.45) is 0 Å². The van der Waals surface area contributed by atoms with Crippen LogP contribution in [0.1, 0.15) is 29.7 Å². The first-order chi connectivity index (χ1) is 11.2. The average molecular weight is 332 g/mol. The van der Waals surface area contributed by atoms with Crippen molar-refractivity contribution in [1.82, 2.24) is 10.6 Å². The number of carbonyl (C=O) groups excluding carboxylic acids is 2. The number of nitrogens with one attached hydrogen (secondary N) is 2. The molecule has 2 N–H and O–H groups in total. The quantitative estimate of drug-likeness (QED) is 0.729. The van der Waals surface area contributed by atoms with Crippen LogP contribution in [-0.4, -0.2) is 24.9 Å². The molecule has 1 heterocycles. The third-order valence-electron chi connectivity index (χ3n) is 2.99. The van der Waals surface area contributed by atoms with Gasteiger partial charge in [0.1, 0.15) is 5.76 Å². The van der Waals surface area contributed by atoms with Crippen molar-refractivity contribution >= 4 is 23.6 Å². The molecule has 2 aromatic rings. The van der Waals surface area contributed by atoms with E-state index in [2.05, 4.69) is 10.6 Å². The maximum atomic E-state index is 11.9. The van der Waals surface area contributed by atoms with Crippen LogP contribution in [0.3, 0.4) is 0 Å². The largest absolute Gasteiger partial charge is 0.455 e. The van der Waals surface area contributed by atoms with E-state index in [0.29, 0.717) is 12.3 Å². The van der Waals surface area contributed by atoms with E-state index >= 15 is 0 Å². The van der Waals surface area contributed by atoms with Crippen LogP contribution in [0, 0.1) is 0 Å². The molecule has 0 aliphatic carbocycles. The van der Waals surface area contributed by atoms with Crippen LogP contribution in [-0.2, 0) is 10.5 Å². The second kappa shape index (κ2) is 9.05. The highest BCUT2D eigenvalue weighted by Crippen LogP contribution is 2.23. The van der Waals surface area contributed by atoms with Crippen LogP contribution in [0.4, 0.5) is 0 Å². The molecule has 0 radical (unpaired) electrons. The molecule has 1 aromatic carbocycles. The molecule has 0 aliphatic heterocycles. The first-order valence-electron chi connectivity index (χ1n) is 7.50. The molecule has 2 amide bonds. The Labute approximate surface area is 139 Å². The van der Waals surface area contributed by atoms with E-state index < -0.39 is 0 Å². The zero-order chi connectivity index (χ0) is 16.5. The minimum atomic E-state index is -0.382. The monoisotopic (exact) mass is 332 g/mol. The fourth-order valence-corrected chi connectivity index (χ4v) is 2.64. The number of thioether (sulfide) groups is 1. The smallest absolute Gasteiger partial charge is 0.287 e. The van der Waals surface area contributed by atoms with Crippen molar-refractivity contribution < 1.29 is 14.0 Å². The summed E-state index contributed by atoms with van der Waals surface area (Å²) in [5, 5.41) is 5.24. The van der Waals surface area contributed by atoms with E-state index in [1.165, 1.54) is 0 Å². The van der Waals surface area contributed by atoms with Gasteiger partial charge in [-0.2, -0.15) is 0 Å². The van der Waals surface area contributed by atoms with Gasteiger partial charge in [0.15, 0.2) is 5.76 Å². The predicted octanol–water partition coefficient (Wildman–Crippen LogP) is 2.83. The summed E-state index contributed by atoms with van der Waals surface area (Å²) in [6.45, 7) is 2.53. The Kier molecular flexibility index (Phi) is 6.75. The minimum absolute atomic E-state index is 0.0480. The van der Waals surface area contributed by atoms with E-state index in [1.54, 1.807) is 23.9 Å². The average Bonchev–Trinajstić information content (AvgIpc) is 3.06. The summed E-state index contributed by atoms with van der Waals surface area (Å²) in [6.07, 6.45) is 0.861. The van der Waals surface area contributed by atoms with Crippen molar-refractivity contribution in [2.75, 3.05) is 13.1 Å². The van der Waals surface area contributed by atoms with Crippen molar-refractivity contribution in [3.8, 4) is 0 Å². The summed E-state index contributed by atoms with van der Waals surface area (Å²) in [4.78, 5) is 24.5. The van der Waals surface area contributed by atoms with Crippen molar-refractivity contribution in [3.05, 3.63) is 54.0 Å². The van der Waals surface area contributed by atoms with Gasteiger partial charge in [-0.05, 0) is 30.7 Å². The number of hydrogen-bond donors (Lipinski definition) is 2. The lowest BCUT2D eigenvalue weighted by Crippen LogP contribution is -2.37. The number of carbonyl (C=O) groups is 2. The van der Waals surface area contributed by atoms with Gasteiger partial charge in [-0.15, -0.1) is 11.8 Å². The van der Waals surface area contributed by atoms with Gasteiger partial charge in [-0.3, -0.25) is 9.59 Å². The van der Waals surface area contributed by atoms with Crippen LogP contribution < -0.4 is 10.6 Å². The first kappa shape index (κ1) is 17.1. The first-order valence-corrected chi connectivity index (χ1v) is 8.49. The van der Waals surface area contributed by atoms with Gasteiger partial charge in [0.2, 0.25) is 5.91 Å².